The fourth-order valence-corrected chi connectivity index (χ4v) is 2.52. The first-order valence-corrected chi connectivity index (χ1v) is 7.21. The molecule has 0 radical (unpaired) electrons. The molecule has 4 heteroatoms. The lowest BCUT2D eigenvalue weighted by Crippen LogP contribution is -2.15. The fraction of sp³-hybridized carbons (Fsp3) is 0.0588. The number of ketones is 1. The van der Waals surface area contributed by atoms with Crippen molar-refractivity contribution in [2.24, 2.45) is 4.99 Å². The fourth-order valence-electron chi connectivity index (χ4n) is 2.19. The molecule has 0 unspecified atom stereocenters. The van der Waals surface area contributed by atoms with Crippen LogP contribution in [0.25, 0.3) is 0 Å². The molecule has 0 saturated heterocycles. The highest BCUT2D eigenvalue weighted by Crippen LogP contribution is 2.24. The molecule has 21 heavy (non-hydrogen) atoms. The average molecular weight is 316 g/mol. The zero-order valence-corrected chi connectivity index (χ0v) is 12.5. The normalized spacial score (nSPS) is 15.8. The van der Waals surface area contributed by atoms with Crippen LogP contribution in [0.15, 0.2) is 64.6 Å². The maximum atomic E-state index is 12.0. The van der Waals surface area contributed by atoms with Crippen molar-refractivity contribution in [3.05, 3.63) is 81.4 Å². The van der Waals surface area contributed by atoms with Gasteiger partial charge in [0.2, 0.25) is 5.78 Å². The monoisotopic (exact) mass is 315 g/mol. The van der Waals surface area contributed by atoms with Crippen LogP contribution in [-0.4, -0.2) is 11.5 Å². The van der Waals surface area contributed by atoms with Crippen molar-refractivity contribution in [2.45, 2.75) is 6.54 Å². The Morgan fingerprint density at radius 1 is 0.905 bits per heavy atom. The summed E-state index contributed by atoms with van der Waals surface area (Å²) in [6.07, 6.45) is 1.63. The van der Waals surface area contributed by atoms with E-state index in [9.17, 15) is 4.79 Å². The Balaban J connectivity index is 1.95. The lowest BCUT2D eigenvalue weighted by atomic mass is 9.94. The van der Waals surface area contributed by atoms with E-state index in [1.165, 1.54) is 0 Å². The number of fused-ring (bicyclic) bond motifs is 1. The molecule has 0 fully saturated rings. The van der Waals surface area contributed by atoms with Crippen molar-refractivity contribution in [1.82, 2.24) is 0 Å². The summed E-state index contributed by atoms with van der Waals surface area (Å²) < 4.78 is 0. The predicted molar refractivity (Wildman–Crippen MR) is 86.4 cm³/mol. The summed E-state index contributed by atoms with van der Waals surface area (Å²) >= 11 is 11.9. The molecule has 2 nitrogen and oxygen atoms in total. The topological polar surface area (TPSA) is 29.4 Å². The Labute approximate surface area is 132 Å². The van der Waals surface area contributed by atoms with Crippen LogP contribution in [0.1, 0.15) is 21.5 Å². The van der Waals surface area contributed by atoms with Crippen molar-refractivity contribution >= 4 is 34.7 Å². The second-order valence-corrected chi connectivity index (χ2v) is 5.54. The second kappa shape index (κ2) is 5.84. The number of carbonyl (C=O) groups is 1. The Morgan fingerprint density at radius 3 is 2.29 bits per heavy atom. The number of nitrogens with zero attached hydrogens (tertiary/aromatic N) is 1. The third-order valence-electron chi connectivity index (χ3n) is 3.27. The predicted octanol–water partition coefficient (Wildman–Crippen LogP) is 4.65. The number of halogens is 2. The van der Waals surface area contributed by atoms with E-state index in [1.807, 2.05) is 42.5 Å². The van der Waals surface area contributed by atoms with E-state index in [-0.39, 0.29) is 10.8 Å². The summed E-state index contributed by atoms with van der Waals surface area (Å²) in [5, 5.41) is 0.895. The van der Waals surface area contributed by atoms with Gasteiger partial charge in [0.05, 0.1) is 17.3 Å². The first kappa shape index (κ1) is 14.1. The molecule has 2 aromatic carbocycles. The van der Waals surface area contributed by atoms with Gasteiger partial charge in [-0.25, -0.2) is 0 Å². The zero-order chi connectivity index (χ0) is 14.8. The number of hydrogen-bond donors (Lipinski definition) is 0. The summed E-state index contributed by atoms with van der Waals surface area (Å²) in [6.45, 7) is 0.510. The van der Waals surface area contributed by atoms with Gasteiger partial charge in [-0.2, -0.15) is 0 Å². The smallest absolute Gasteiger partial charge is 0.205 e. The molecule has 2 aromatic rings. The van der Waals surface area contributed by atoms with Gasteiger partial charge in [0.15, 0.2) is 0 Å². The van der Waals surface area contributed by atoms with Crippen LogP contribution in [0.3, 0.4) is 0 Å². The van der Waals surface area contributed by atoms with Crippen LogP contribution >= 0.6 is 23.2 Å². The minimum Gasteiger partial charge on any atom is -0.288 e. The first-order valence-electron chi connectivity index (χ1n) is 6.45. The Bertz CT molecular complexity index is 761. The Morgan fingerprint density at radius 2 is 1.57 bits per heavy atom. The molecule has 104 valence electrons. The summed E-state index contributed by atoms with van der Waals surface area (Å²) in [5.74, 6) is -0.155. The van der Waals surface area contributed by atoms with Gasteiger partial charge in [-0.05, 0) is 23.8 Å². The van der Waals surface area contributed by atoms with E-state index in [4.69, 9.17) is 23.2 Å². The van der Waals surface area contributed by atoms with Gasteiger partial charge in [0.25, 0.3) is 0 Å². The molecule has 0 heterocycles. The summed E-state index contributed by atoms with van der Waals surface area (Å²) in [4.78, 5) is 16.6. The molecule has 1 aliphatic rings. The SMILES string of the molecule is O=C1C(Cl)=CC(=NCc2ccc(Cl)cc2)c2ccccc21. The maximum absolute atomic E-state index is 12.0. The standard InChI is InChI=1S/C17H11Cl2NO/c18-12-7-5-11(6-8-12)10-20-16-9-15(19)17(21)14-4-2-1-3-13(14)16/h1-9H,10H2. The molecule has 0 amide bonds. The number of benzene rings is 2. The Kier molecular flexibility index (Phi) is 3.91. The zero-order valence-electron chi connectivity index (χ0n) is 11.0. The number of hydrogen-bond acceptors (Lipinski definition) is 2. The molecule has 0 aliphatic heterocycles. The van der Waals surface area contributed by atoms with Gasteiger partial charge in [-0.1, -0.05) is 59.6 Å². The van der Waals surface area contributed by atoms with Crippen LogP contribution in [-0.2, 0) is 6.54 Å². The maximum Gasteiger partial charge on any atom is 0.205 e. The molecule has 0 aromatic heterocycles. The third-order valence-corrected chi connectivity index (χ3v) is 3.81. The van der Waals surface area contributed by atoms with Crippen LogP contribution in [0.4, 0.5) is 0 Å². The van der Waals surface area contributed by atoms with E-state index < -0.39 is 0 Å². The number of aliphatic imine (C=N–C) groups is 1. The first-order chi connectivity index (χ1) is 10.1. The number of allylic oxidation sites excluding steroid dienone is 2. The Hall–Kier alpha value is -1.90. The van der Waals surface area contributed by atoms with Crippen molar-refractivity contribution in [3.8, 4) is 0 Å². The average Bonchev–Trinajstić information content (AvgIpc) is 2.51. The van der Waals surface area contributed by atoms with E-state index in [1.54, 1.807) is 12.1 Å². The van der Waals surface area contributed by atoms with Gasteiger partial charge >= 0.3 is 0 Å². The van der Waals surface area contributed by atoms with Gasteiger partial charge in [0, 0.05) is 16.1 Å². The largest absolute Gasteiger partial charge is 0.288 e. The van der Waals surface area contributed by atoms with Gasteiger partial charge < -0.3 is 0 Å². The molecular weight excluding hydrogens is 305 g/mol. The van der Waals surface area contributed by atoms with Crippen LogP contribution < -0.4 is 0 Å². The molecule has 0 atom stereocenters. The molecule has 0 spiro atoms. The van der Waals surface area contributed by atoms with Crippen LogP contribution in [0.2, 0.25) is 5.02 Å². The molecular formula is C17H11Cl2NO. The number of rotatable bonds is 2. The highest BCUT2D eigenvalue weighted by molar-refractivity contribution is 6.49. The van der Waals surface area contributed by atoms with Crippen LogP contribution in [0.5, 0.6) is 0 Å². The summed E-state index contributed by atoms with van der Waals surface area (Å²) in [6, 6.07) is 14.9. The van der Waals surface area contributed by atoms with Crippen molar-refractivity contribution < 1.29 is 4.79 Å². The highest BCUT2D eigenvalue weighted by atomic mass is 35.5. The van der Waals surface area contributed by atoms with E-state index in [0.29, 0.717) is 17.1 Å². The molecule has 0 N–H and O–H groups in total. The third kappa shape index (κ3) is 2.92. The second-order valence-electron chi connectivity index (χ2n) is 4.69. The molecule has 1 aliphatic carbocycles. The van der Waals surface area contributed by atoms with Crippen LogP contribution in [0, 0.1) is 0 Å². The molecule has 0 bridgehead atoms. The molecule has 0 saturated carbocycles. The number of Topliss-reactive ketones (excluding diaryl/α,β-unsaturated/α-hetero) is 1. The lowest BCUT2D eigenvalue weighted by molar-refractivity contribution is 0.104. The quantitative estimate of drug-likeness (QED) is 0.793. The molecule has 3 rings (SSSR count). The lowest BCUT2D eigenvalue weighted by Gasteiger charge is -2.14. The van der Waals surface area contributed by atoms with Crippen molar-refractivity contribution in [1.29, 1.82) is 0 Å². The number of carbonyl (C=O) groups excluding carboxylic acids is 1. The minimum atomic E-state index is -0.155. The van der Waals surface area contributed by atoms with Gasteiger partial charge in [0.1, 0.15) is 0 Å². The van der Waals surface area contributed by atoms with E-state index in [0.717, 1.165) is 16.8 Å². The summed E-state index contributed by atoms with van der Waals surface area (Å²) in [5.41, 5.74) is 3.19. The van der Waals surface area contributed by atoms with E-state index in [2.05, 4.69) is 4.99 Å². The van der Waals surface area contributed by atoms with Crippen molar-refractivity contribution in [3.63, 3.8) is 0 Å². The van der Waals surface area contributed by atoms with Gasteiger partial charge in [-0.3, -0.25) is 9.79 Å². The van der Waals surface area contributed by atoms with Gasteiger partial charge in [-0.15, -0.1) is 0 Å². The highest BCUT2D eigenvalue weighted by Gasteiger charge is 2.22. The van der Waals surface area contributed by atoms with Crippen molar-refractivity contribution in [2.75, 3.05) is 0 Å². The van der Waals surface area contributed by atoms with E-state index >= 15 is 0 Å². The summed E-state index contributed by atoms with van der Waals surface area (Å²) in [7, 11) is 0. The minimum absolute atomic E-state index is 0.155.